The fourth-order valence-corrected chi connectivity index (χ4v) is 1.38. The fraction of sp³-hybridized carbons (Fsp3) is 0.571. The van der Waals surface area contributed by atoms with E-state index in [1.165, 1.54) is 0 Å². The topological polar surface area (TPSA) is 37.3 Å². The molecule has 0 aliphatic carbocycles. The van der Waals surface area contributed by atoms with E-state index in [9.17, 15) is 4.79 Å². The van der Waals surface area contributed by atoms with Crippen LogP contribution in [0.15, 0.2) is 11.1 Å². The van der Waals surface area contributed by atoms with Gasteiger partial charge in [0.15, 0.2) is 0 Å². The van der Waals surface area contributed by atoms with Gasteiger partial charge < -0.3 is 5.11 Å². The summed E-state index contributed by atoms with van der Waals surface area (Å²) in [6.07, 6.45) is 0.431. The van der Waals surface area contributed by atoms with Crippen LogP contribution >= 0.6 is 37.9 Å². The summed E-state index contributed by atoms with van der Waals surface area (Å²) in [5, 5.41) is 8.62. The van der Waals surface area contributed by atoms with Crippen LogP contribution in [0.25, 0.3) is 0 Å². The van der Waals surface area contributed by atoms with Crippen LogP contribution in [0.3, 0.4) is 0 Å². The number of aliphatic carboxylic acids is 1. The first kappa shape index (κ1) is 12.3. The normalized spacial score (nSPS) is 14.1. The van der Waals surface area contributed by atoms with Gasteiger partial charge in [0.1, 0.15) is 3.41 Å². The second-order valence-corrected chi connectivity index (χ2v) is 6.01. The fourth-order valence-electron chi connectivity index (χ4n) is 0.671. The summed E-state index contributed by atoms with van der Waals surface area (Å²) < 4.78 is -0.749. The van der Waals surface area contributed by atoms with E-state index in [1.807, 2.05) is 0 Å². The summed E-state index contributed by atoms with van der Waals surface area (Å²) >= 11 is 12.2. The predicted octanol–water partition coefficient (Wildman–Crippen LogP) is 2.24. The molecule has 0 bridgehead atoms. The first-order chi connectivity index (χ1) is 5.24. The van der Waals surface area contributed by atoms with E-state index in [-0.39, 0.29) is 0 Å². The molecule has 0 spiro atoms. The smallest absolute Gasteiger partial charge is 0.331 e. The molecule has 0 atom stereocenters. The van der Waals surface area contributed by atoms with Crippen molar-refractivity contribution in [1.29, 1.82) is 0 Å². The van der Waals surface area contributed by atoms with Crippen LogP contribution in [0.2, 0.25) is 0 Å². The molecule has 0 radical (unpaired) electrons. The number of rotatable bonds is 3. The third-order valence-electron chi connectivity index (χ3n) is 1.46. The second kappa shape index (κ2) is 4.48. The lowest BCUT2D eigenvalue weighted by Crippen LogP contribution is -2.07. The summed E-state index contributed by atoms with van der Waals surface area (Å²) in [5.74, 6) is -0.910. The van der Waals surface area contributed by atoms with E-state index in [4.69, 9.17) is 5.11 Å². The number of hydrogen-bond donors (Lipinski definition) is 4. The molecule has 0 aliphatic rings. The molecule has 0 heterocycles. The summed E-state index contributed by atoms with van der Waals surface area (Å²) in [6.45, 7) is 3.29. The van der Waals surface area contributed by atoms with E-state index < -0.39 is 9.38 Å². The van der Waals surface area contributed by atoms with Gasteiger partial charge in [0.25, 0.3) is 0 Å². The van der Waals surface area contributed by atoms with Crippen molar-refractivity contribution in [2.24, 2.45) is 0 Å². The number of thiol groups is 3. The van der Waals surface area contributed by atoms with Crippen molar-refractivity contribution in [3.63, 3.8) is 0 Å². The molecule has 1 N–H and O–H groups in total. The Kier molecular flexibility index (Phi) is 4.58. The van der Waals surface area contributed by atoms with Crippen molar-refractivity contribution in [1.82, 2.24) is 0 Å². The molecule has 12 heavy (non-hydrogen) atoms. The predicted molar refractivity (Wildman–Crippen MR) is 60.3 cm³/mol. The molecule has 0 amide bonds. The quantitative estimate of drug-likeness (QED) is 0.337. The highest BCUT2D eigenvalue weighted by Crippen LogP contribution is 2.32. The number of carboxylic acid groups (broad SMARTS) is 1. The van der Waals surface area contributed by atoms with E-state index in [0.717, 1.165) is 5.57 Å². The minimum atomic E-state index is -0.910. The molecule has 0 aromatic rings. The van der Waals surface area contributed by atoms with Crippen LogP contribution in [0.5, 0.6) is 0 Å². The largest absolute Gasteiger partial charge is 0.478 e. The summed E-state index contributed by atoms with van der Waals surface area (Å²) in [4.78, 5) is 10.5. The number of carboxylic acids is 1. The van der Waals surface area contributed by atoms with Crippen LogP contribution in [0.1, 0.15) is 20.3 Å². The first-order valence-corrected chi connectivity index (χ1v) is 4.65. The lowest BCUT2D eigenvalue weighted by atomic mass is 10.1. The number of carbonyl (C=O) groups is 1. The van der Waals surface area contributed by atoms with E-state index >= 15 is 0 Å². The first-order valence-electron chi connectivity index (χ1n) is 3.31. The molecular formula is C7H12O2S3. The Morgan fingerprint density at radius 2 is 1.75 bits per heavy atom. The van der Waals surface area contributed by atoms with Crippen molar-refractivity contribution in [3.05, 3.63) is 11.1 Å². The molecule has 0 unspecified atom stereocenters. The Morgan fingerprint density at radius 1 is 1.33 bits per heavy atom. The molecule has 0 saturated carbocycles. The molecule has 0 aliphatic heterocycles. The molecule has 5 heteroatoms. The van der Waals surface area contributed by atoms with Crippen LogP contribution < -0.4 is 0 Å². The van der Waals surface area contributed by atoms with Gasteiger partial charge in [0.05, 0.1) is 0 Å². The van der Waals surface area contributed by atoms with Crippen molar-refractivity contribution in [2.75, 3.05) is 0 Å². The zero-order chi connectivity index (χ0) is 9.94. The van der Waals surface area contributed by atoms with Gasteiger partial charge in [0, 0.05) is 12.0 Å². The zero-order valence-electron chi connectivity index (χ0n) is 6.90. The Labute approximate surface area is 88.7 Å². The summed E-state index contributed by atoms with van der Waals surface area (Å²) in [5.41, 5.74) is 1.07. The average molecular weight is 224 g/mol. The van der Waals surface area contributed by atoms with Gasteiger partial charge in [0.2, 0.25) is 0 Å². The van der Waals surface area contributed by atoms with Crippen molar-refractivity contribution in [2.45, 2.75) is 23.7 Å². The Morgan fingerprint density at radius 3 is 2.00 bits per heavy atom. The van der Waals surface area contributed by atoms with Gasteiger partial charge in [-0.25, -0.2) is 4.79 Å². The Bertz CT molecular complexity index is 215. The van der Waals surface area contributed by atoms with Crippen LogP contribution in [0, 0.1) is 0 Å². The summed E-state index contributed by atoms with van der Waals surface area (Å²) in [7, 11) is 0. The highest BCUT2D eigenvalue weighted by atomic mass is 32.2. The molecule has 70 valence electrons. The Balaban J connectivity index is 4.49. The van der Waals surface area contributed by atoms with Crippen LogP contribution in [-0.4, -0.2) is 14.5 Å². The maximum absolute atomic E-state index is 10.5. The maximum atomic E-state index is 10.5. The summed E-state index contributed by atoms with van der Waals surface area (Å²) in [6, 6.07) is 0. The van der Waals surface area contributed by atoms with E-state index in [0.29, 0.717) is 12.0 Å². The molecular weight excluding hydrogens is 212 g/mol. The van der Waals surface area contributed by atoms with Gasteiger partial charge >= 0.3 is 5.97 Å². The van der Waals surface area contributed by atoms with Gasteiger partial charge in [-0.2, -0.15) is 37.9 Å². The van der Waals surface area contributed by atoms with Crippen LogP contribution in [0.4, 0.5) is 0 Å². The SMILES string of the molecule is CC(CC(S)(S)S)=C(C)C(=O)O. The zero-order valence-corrected chi connectivity index (χ0v) is 9.59. The lowest BCUT2D eigenvalue weighted by Gasteiger charge is -2.16. The Hall–Kier alpha value is 0.260. The molecule has 0 fully saturated rings. The third kappa shape index (κ3) is 5.00. The van der Waals surface area contributed by atoms with Gasteiger partial charge in [-0.1, -0.05) is 5.57 Å². The molecule has 0 saturated heterocycles. The minimum absolute atomic E-state index is 0.330. The maximum Gasteiger partial charge on any atom is 0.331 e. The third-order valence-corrected chi connectivity index (χ3v) is 1.94. The van der Waals surface area contributed by atoms with Crippen molar-refractivity contribution < 1.29 is 9.90 Å². The van der Waals surface area contributed by atoms with Gasteiger partial charge in [-0.15, -0.1) is 0 Å². The minimum Gasteiger partial charge on any atom is -0.478 e. The average Bonchev–Trinajstić information content (AvgIpc) is 1.82. The van der Waals surface area contributed by atoms with Crippen molar-refractivity contribution in [3.8, 4) is 0 Å². The molecule has 0 aromatic carbocycles. The van der Waals surface area contributed by atoms with Crippen LogP contribution in [-0.2, 0) is 4.79 Å². The molecule has 0 aromatic heterocycles. The number of allylic oxidation sites excluding steroid dienone is 1. The second-order valence-electron chi connectivity index (χ2n) is 2.66. The van der Waals surface area contributed by atoms with E-state index in [2.05, 4.69) is 37.9 Å². The van der Waals surface area contributed by atoms with E-state index in [1.54, 1.807) is 13.8 Å². The highest BCUT2D eigenvalue weighted by molar-refractivity contribution is 8.16. The number of hydrogen-bond acceptors (Lipinski definition) is 4. The standard InChI is InChI=1S/C7H12O2S3/c1-4(3-7(10,11)12)5(2)6(8)9/h10-12H,3H2,1-2H3,(H,8,9). The monoisotopic (exact) mass is 224 g/mol. The lowest BCUT2D eigenvalue weighted by molar-refractivity contribution is -0.132. The highest BCUT2D eigenvalue weighted by Gasteiger charge is 2.17. The van der Waals surface area contributed by atoms with Crippen molar-refractivity contribution >= 4 is 43.9 Å². The molecule has 2 nitrogen and oxygen atoms in total. The van der Waals surface area contributed by atoms with Gasteiger partial charge in [-0.05, 0) is 13.8 Å². The van der Waals surface area contributed by atoms with Gasteiger partial charge in [-0.3, -0.25) is 0 Å². The molecule has 0 rings (SSSR count).